The van der Waals surface area contributed by atoms with Crippen molar-refractivity contribution in [3.63, 3.8) is 0 Å². The highest BCUT2D eigenvalue weighted by Crippen LogP contribution is 2.29. The second kappa shape index (κ2) is 7.61. The minimum Gasteiger partial charge on any atom is -0.377 e. The molecule has 2 fully saturated rings. The summed E-state index contributed by atoms with van der Waals surface area (Å²) in [4.78, 5) is 2.71. The molecule has 0 aromatic heterocycles. The van der Waals surface area contributed by atoms with E-state index < -0.39 is 0 Å². The summed E-state index contributed by atoms with van der Waals surface area (Å²) >= 11 is 0. The van der Waals surface area contributed by atoms with Gasteiger partial charge in [-0.15, -0.1) is 0 Å². The van der Waals surface area contributed by atoms with Crippen molar-refractivity contribution in [2.75, 3.05) is 26.7 Å². The van der Waals surface area contributed by atoms with Crippen molar-refractivity contribution in [1.82, 2.24) is 10.2 Å². The lowest BCUT2D eigenvalue weighted by atomic mass is 9.82. The molecule has 3 nitrogen and oxygen atoms in total. The van der Waals surface area contributed by atoms with Crippen LogP contribution < -0.4 is 5.32 Å². The Kier molecular flexibility index (Phi) is 6.11. The van der Waals surface area contributed by atoms with Crippen LogP contribution in [0.3, 0.4) is 0 Å². The van der Waals surface area contributed by atoms with Crippen molar-refractivity contribution < 1.29 is 4.74 Å². The molecule has 0 amide bonds. The Bertz CT molecular complexity index is 259. The Hall–Kier alpha value is -0.120. The zero-order valence-corrected chi connectivity index (χ0v) is 13.0. The molecule has 2 aliphatic rings. The first-order valence-electron chi connectivity index (χ1n) is 8.27. The van der Waals surface area contributed by atoms with Gasteiger partial charge in [-0.3, -0.25) is 4.90 Å². The molecule has 1 heterocycles. The quantitative estimate of drug-likeness (QED) is 0.829. The third kappa shape index (κ3) is 4.17. The third-order valence-corrected chi connectivity index (χ3v) is 4.89. The van der Waals surface area contributed by atoms with Crippen LogP contribution in [-0.2, 0) is 4.74 Å². The molecule has 0 bridgehead atoms. The Morgan fingerprint density at radius 2 is 2.11 bits per heavy atom. The number of likely N-dealkylation sites (N-methyl/N-ethyl adjacent to an activating group) is 1. The van der Waals surface area contributed by atoms with Gasteiger partial charge in [-0.25, -0.2) is 0 Å². The second-order valence-corrected chi connectivity index (χ2v) is 6.51. The lowest BCUT2D eigenvalue weighted by Crippen LogP contribution is -2.55. The molecular weight excluding hydrogens is 236 g/mol. The molecule has 1 N–H and O–H groups in total. The molecule has 0 aromatic carbocycles. The van der Waals surface area contributed by atoms with Crippen LogP contribution in [0.25, 0.3) is 0 Å². The Morgan fingerprint density at radius 3 is 2.84 bits per heavy atom. The standard InChI is InChI=1S/C16H32N2O/c1-4-10-19-14-6-5-9-18(12-14)16-11-13(2)7-8-15(16)17-3/h13-17H,4-12H2,1-3H3. The Labute approximate surface area is 119 Å². The van der Waals surface area contributed by atoms with Crippen LogP contribution in [0.15, 0.2) is 0 Å². The molecule has 1 aliphatic heterocycles. The number of hydrogen-bond donors (Lipinski definition) is 1. The zero-order valence-electron chi connectivity index (χ0n) is 13.0. The number of nitrogens with one attached hydrogen (secondary N) is 1. The molecule has 3 heteroatoms. The molecule has 4 unspecified atom stereocenters. The van der Waals surface area contributed by atoms with Gasteiger partial charge < -0.3 is 10.1 Å². The van der Waals surface area contributed by atoms with E-state index in [1.54, 1.807) is 0 Å². The lowest BCUT2D eigenvalue weighted by Gasteiger charge is -2.45. The highest BCUT2D eigenvalue weighted by Gasteiger charge is 2.34. The van der Waals surface area contributed by atoms with E-state index in [1.165, 1.54) is 38.6 Å². The van der Waals surface area contributed by atoms with Gasteiger partial charge in [0.25, 0.3) is 0 Å². The average Bonchev–Trinajstić information content (AvgIpc) is 2.45. The minimum absolute atomic E-state index is 0.475. The maximum absolute atomic E-state index is 5.99. The first kappa shape index (κ1) is 15.3. The molecule has 0 aromatic rings. The highest BCUT2D eigenvalue weighted by atomic mass is 16.5. The fourth-order valence-electron chi connectivity index (χ4n) is 3.78. The number of nitrogens with zero attached hydrogens (tertiary/aromatic N) is 1. The number of rotatable bonds is 5. The van der Waals surface area contributed by atoms with Crippen molar-refractivity contribution in [2.24, 2.45) is 5.92 Å². The van der Waals surface area contributed by atoms with Gasteiger partial charge in [0.1, 0.15) is 0 Å². The van der Waals surface area contributed by atoms with Gasteiger partial charge in [0, 0.05) is 25.2 Å². The molecular formula is C16H32N2O. The van der Waals surface area contributed by atoms with E-state index in [-0.39, 0.29) is 0 Å². The van der Waals surface area contributed by atoms with Crippen molar-refractivity contribution in [2.45, 2.75) is 70.6 Å². The smallest absolute Gasteiger partial charge is 0.0702 e. The summed E-state index contributed by atoms with van der Waals surface area (Å²) in [6.45, 7) is 7.94. The Balaban J connectivity index is 1.90. The van der Waals surface area contributed by atoms with E-state index in [2.05, 4.69) is 31.1 Å². The summed E-state index contributed by atoms with van der Waals surface area (Å²) in [5.41, 5.74) is 0. The Morgan fingerprint density at radius 1 is 1.26 bits per heavy atom. The van der Waals surface area contributed by atoms with Crippen molar-refractivity contribution in [3.8, 4) is 0 Å². The summed E-state index contributed by atoms with van der Waals surface area (Å²) in [6.07, 6.45) is 8.23. The monoisotopic (exact) mass is 268 g/mol. The fraction of sp³-hybridized carbons (Fsp3) is 1.00. The third-order valence-electron chi connectivity index (χ3n) is 4.89. The molecule has 1 aliphatic carbocycles. The summed E-state index contributed by atoms with van der Waals surface area (Å²) < 4.78 is 5.99. The van der Waals surface area contributed by atoms with Gasteiger partial charge in [-0.2, -0.15) is 0 Å². The van der Waals surface area contributed by atoms with E-state index in [4.69, 9.17) is 4.74 Å². The van der Waals surface area contributed by atoms with E-state index in [9.17, 15) is 0 Å². The molecule has 112 valence electrons. The van der Waals surface area contributed by atoms with E-state index in [0.29, 0.717) is 12.1 Å². The van der Waals surface area contributed by atoms with Crippen LogP contribution in [0, 0.1) is 5.92 Å². The number of piperidine rings is 1. The number of hydrogen-bond acceptors (Lipinski definition) is 3. The van der Waals surface area contributed by atoms with Crippen LogP contribution >= 0.6 is 0 Å². The van der Waals surface area contributed by atoms with Crippen LogP contribution in [0.1, 0.15) is 52.4 Å². The van der Waals surface area contributed by atoms with Crippen LogP contribution in [-0.4, -0.2) is 49.8 Å². The average molecular weight is 268 g/mol. The molecule has 1 saturated carbocycles. The first-order valence-corrected chi connectivity index (χ1v) is 8.27. The van der Waals surface area contributed by atoms with E-state index in [0.717, 1.165) is 31.5 Å². The topological polar surface area (TPSA) is 24.5 Å². The van der Waals surface area contributed by atoms with Crippen LogP contribution in [0.4, 0.5) is 0 Å². The van der Waals surface area contributed by atoms with Crippen LogP contribution in [0.5, 0.6) is 0 Å². The SMILES string of the molecule is CCCOC1CCCN(C2CC(C)CCC2NC)C1. The molecule has 0 spiro atoms. The number of ether oxygens (including phenoxy) is 1. The van der Waals surface area contributed by atoms with Crippen LogP contribution in [0.2, 0.25) is 0 Å². The molecule has 0 radical (unpaired) electrons. The lowest BCUT2D eigenvalue weighted by molar-refractivity contribution is -0.0254. The molecule has 4 atom stereocenters. The first-order chi connectivity index (χ1) is 9.24. The normalized spacial score (nSPS) is 37.4. The largest absolute Gasteiger partial charge is 0.377 e. The second-order valence-electron chi connectivity index (χ2n) is 6.51. The highest BCUT2D eigenvalue weighted by molar-refractivity contribution is 4.91. The summed E-state index contributed by atoms with van der Waals surface area (Å²) in [5, 5.41) is 3.55. The summed E-state index contributed by atoms with van der Waals surface area (Å²) in [5.74, 6) is 0.881. The summed E-state index contributed by atoms with van der Waals surface area (Å²) in [7, 11) is 2.13. The number of likely N-dealkylation sites (tertiary alicyclic amines) is 1. The van der Waals surface area contributed by atoms with Gasteiger partial charge in [0.15, 0.2) is 0 Å². The van der Waals surface area contributed by atoms with Gasteiger partial charge in [-0.05, 0) is 58.0 Å². The van der Waals surface area contributed by atoms with Gasteiger partial charge in [0.05, 0.1) is 6.10 Å². The zero-order chi connectivity index (χ0) is 13.7. The van der Waals surface area contributed by atoms with Crippen molar-refractivity contribution in [1.29, 1.82) is 0 Å². The van der Waals surface area contributed by atoms with Crippen molar-refractivity contribution >= 4 is 0 Å². The fourth-order valence-corrected chi connectivity index (χ4v) is 3.78. The predicted octanol–water partition coefficient (Wildman–Crippen LogP) is 2.65. The van der Waals surface area contributed by atoms with E-state index >= 15 is 0 Å². The molecule has 19 heavy (non-hydrogen) atoms. The van der Waals surface area contributed by atoms with Gasteiger partial charge >= 0.3 is 0 Å². The van der Waals surface area contributed by atoms with Gasteiger partial charge in [-0.1, -0.05) is 13.8 Å². The maximum Gasteiger partial charge on any atom is 0.0702 e. The van der Waals surface area contributed by atoms with Gasteiger partial charge in [0.2, 0.25) is 0 Å². The molecule has 2 rings (SSSR count). The predicted molar refractivity (Wildman–Crippen MR) is 80.5 cm³/mol. The van der Waals surface area contributed by atoms with E-state index in [1.807, 2.05) is 0 Å². The maximum atomic E-state index is 5.99. The summed E-state index contributed by atoms with van der Waals surface area (Å²) in [6, 6.07) is 1.41. The minimum atomic E-state index is 0.475. The molecule has 1 saturated heterocycles. The van der Waals surface area contributed by atoms with Crippen molar-refractivity contribution in [3.05, 3.63) is 0 Å².